The number of hydrogen-bond donors (Lipinski definition) is 2. The molecule has 0 aromatic carbocycles. The molecule has 148 valence electrons. The van der Waals surface area contributed by atoms with Crippen LogP contribution in [0.25, 0.3) is 11.0 Å². The number of morpholine rings is 1. The summed E-state index contributed by atoms with van der Waals surface area (Å²) in [5, 5.41) is 8.38. The summed E-state index contributed by atoms with van der Waals surface area (Å²) in [6.07, 6.45) is 0.712. The molecule has 27 heavy (non-hydrogen) atoms. The molecule has 2 aromatic heterocycles. The van der Waals surface area contributed by atoms with E-state index < -0.39 is 0 Å². The minimum atomic E-state index is -0.142. The number of aryl methyl sites for hydroxylation is 3. The van der Waals surface area contributed by atoms with Gasteiger partial charge in [-0.2, -0.15) is 5.10 Å². The van der Waals surface area contributed by atoms with Crippen LogP contribution in [0, 0.1) is 13.8 Å². The van der Waals surface area contributed by atoms with Crippen molar-refractivity contribution in [1.82, 2.24) is 25.0 Å². The number of carbonyl (C=O) groups is 1. The number of carbonyl (C=O) groups excluding carboxylic acids is 1. The smallest absolute Gasteiger partial charge is 0.253 e. The highest BCUT2D eigenvalue weighted by Crippen LogP contribution is 2.21. The van der Waals surface area contributed by atoms with E-state index in [0.717, 1.165) is 55.1 Å². The van der Waals surface area contributed by atoms with Crippen LogP contribution >= 0.6 is 0 Å². The molecule has 1 aliphatic rings. The lowest BCUT2D eigenvalue weighted by molar-refractivity contribution is -0.121. The highest BCUT2D eigenvalue weighted by molar-refractivity contribution is 5.83. The molecule has 1 fully saturated rings. The van der Waals surface area contributed by atoms with Gasteiger partial charge in [0.25, 0.3) is 5.56 Å². The number of ether oxygens (including phenoxy) is 1. The summed E-state index contributed by atoms with van der Waals surface area (Å²) in [6, 6.07) is 0.0676. The summed E-state index contributed by atoms with van der Waals surface area (Å²) in [6.45, 7) is 9.99. The van der Waals surface area contributed by atoms with Gasteiger partial charge in [-0.15, -0.1) is 0 Å². The first-order chi connectivity index (χ1) is 12.9. The van der Waals surface area contributed by atoms with E-state index in [1.807, 2.05) is 27.8 Å². The van der Waals surface area contributed by atoms with Gasteiger partial charge in [-0.25, -0.2) is 0 Å². The van der Waals surface area contributed by atoms with Crippen LogP contribution in [0.3, 0.4) is 0 Å². The molecule has 3 rings (SSSR count). The fraction of sp³-hybridized carbons (Fsp3) is 0.632. The van der Waals surface area contributed by atoms with Crippen molar-refractivity contribution in [3.05, 3.63) is 27.2 Å². The van der Waals surface area contributed by atoms with Crippen molar-refractivity contribution in [2.75, 3.05) is 32.8 Å². The minimum absolute atomic E-state index is 0.0300. The lowest BCUT2D eigenvalue weighted by atomic mass is 10.0. The van der Waals surface area contributed by atoms with Crippen LogP contribution in [0.2, 0.25) is 0 Å². The lowest BCUT2D eigenvalue weighted by Crippen LogP contribution is -2.46. The average molecular weight is 375 g/mol. The third-order valence-electron chi connectivity index (χ3n) is 5.20. The molecule has 3 heterocycles. The van der Waals surface area contributed by atoms with Crippen molar-refractivity contribution in [1.29, 1.82) is 0 Å². The second-order valence-corrected chi connectivity index (χ2v) is 7.37. The Morgan fingerprint density at radius 3 is 2.74 bits per heavy atom. The standard InChI is InChI=1S/C19H29N5O3/c1-12(11-24-7-9-27-10-8-24)20-16(25)6-5-15-13(2)17-14(3)22-23(4)18(17)21-19(15)26/h12H,5-11H2,1-4H3,(H,20,25)(H,21,26). The number of hydrogen-bond acceptors (Lipinski definition) is 5. The third kappa shape index (κ3) is 4.39. The van der Waals surface area contributed by atoms with Crippen molar-refractivity contribution in [2.24, 2.45) is 7.05 Å². The van der Waals surface area contributed by atoms with E-state index in [9.17, 15) is 9.59 Å². The van der Waals surface area contributed by atoms with E-state index in [1.54, 1.807) is 4.68 Å². The van der Waals surface area contributed by atoms with Gasteiger partial charge in [0.1, 0.15) is 5.65 Å². The van der Waals surface area contributed by atoms with Gasteiger partial charge in [-0.1, -0.05) is 0 Å². The zero-order valence-corrected chi connectivity index (χ0v) is 16.6. The molecule has 0 bridgehead atoms. The molecule has 0 radical (unpaired) electrons. The fourth-order valence-corrected chi connectivity index (χ4v) is 3.86. The number of aromatic nitrogens is 3. The minimum Gasteiger partial charge on any atom is -0.379 e. The van der Waals surface area contributed by atoms with Gasteiger partial charge >= 0.3 is 0 Å². The van der Waals surface area contributed by atoms with Crippen LogP contribution in [-0.4, -0.2) is 64.5 Å². The van der Waals surface area contributed by atoms with Crippen molar-refractivity contribution in [2.45, 2.75) is 39.7 Å². The summed E-state index contributed by atoms with van der Waals surface area (Å²) in [5.41, 5.74) is 3.04. The van der Waals surface area contributed by atoms with Crippen LogP contribution in [0.15, 0.2) is 4.79 Å². The average Bonchev–Trinajstić information content (AvgIpc) is 2.89. The first-order valence-electron chi connectivity index (χ1n) is 9.51. The Hall–Kier alpha value is -2.19. The number of aromatic amines is 1. The topological polar surface area (TPSA) is 92.2 Å². The largest absolute Gasteiger partial charge is 0.379 e. The molecule has 0 aliphatic carbocycles. The second-order valence-electron chi connectivity index (χ2n) is 7.37. The quantitative estimate of drug-likeness (QED) is 0.773. The molecule has 2 N–H and O–H groups in total. The second kappa shape index (κ2) is 8.22. The number of amides is 1. The van der Waals surface area contributed by atoms with E-state index in [0.29, 0.717) is 18.4 Å². The molecule has 0 saturated carbocycles. The zero-order valence-electron chi connectivity index (χ0n) is 16.6. The van der Waals surface area contributed by atoms with Gasteiger partial charge in [-0.3, -0.25) is 19.2 Å². The molecule has 1 aliphatic heterocycles. The maximum absolute atomic E-state index is 12.5. The Balaban J connectivity index is 1.61. The molecule has 1 amide bonds. The first kappa shape index (κ1) is 19.6. The van der Waals surface area contributed by atoms with E-state index in [1.165, 1.54) is 0 Å². The lowest BCUT2D eigenvalue weighted by Gasteiger charge is -2.29. The summed E-state index contributed by atoms with van der Waals surface area (Å²) in [4.78, 5) is 30.0. The van der Waals surface area contributed by atoms with E-state index >= 15 is 0 Å². The number of fused-ring (bicyclic) bond motifs is 1. The van der Waals surface area contributed by atoms with E-state index in [2.05, 4.69) is 20.3 Å². The zero-order chi connectivity index (χ0) is 19.6. The molecule has 8 heteroatoms. The van der Waals surface area contributed by atoms with Gasteiger partial charge in [0.2, 0.25) is 5.91 Å². The summed E-state index contributed by atoms with van der Waals surface area (Å²) >= 11 is 0. The molecule has 1 atom stereocenters. The predicted octanol–water partition coefficient (Wildman–Crippen LogP) is 0.648. The van der Waals surface area contributed by atoms with Crippen molar-refractivity contribution in [3.8, 4) is 0 Å². The Labute approximate surface area is 158 Å². The van der Waals surface area contributed by atoms with Gasteiger partial charge in [0, 0.05) is 50.1 Å². The Kier molecular flexibility index (Phi) is 5.96. The third-order valence-corrected chi connectivity index (χ3v) is 5.20. The fourth-order valence-electron chi connectivity index (χ4n) is 3.86. The Bertz CT molecular complexity index is 880. The summed E-state index contributed by atoms with van der Waals surface area (Å²) < 4.78 is 7.03. The number of pyridine rings is 1. The normalized spacial score (nSPS) is 16.6. The van der Waals surface area contributed by atoms with E-state index in [-0.39, 0.29) is 17.5 Å². The van der Waals surface area contributed by atoms with Gasteiger partial charge in [0.05, 0.1) is 18.9 Å². The van der Waals surface area contributed by atoms with E-state index in [4.69, 9.17) is 4.74 Å². The summed E-state index contributed by atoms with van der Waals surface area (Å²) in [5.74, 6) is -0.0300. The van der Waals surface area contributed by atoms with Crippen molar-refractivity contribution in [3.63, 3.8) is 0 Å². The number of rotatable bonds is 6. The highest BCUT2D eigenvalue weighted by atomic mass is 16.5. The van der Waals surface area contributed by atoms with Gasteiger partial charge < -0.3 is 15.0 Å². The Morgan fingerprint density at radius 2 is 2.04 bits per heavy atom. The summed E-state index contributed by atoms with van der Waals surface area (Å²) in [7, 11) is 1.81. The maximum Gasteiger partial charge on any atom is 0.253 e. The first-order valence-corrected chi connectivity index (χ1v) is 9.51. The molecule has 2 aromatic rings. The van der Waals surface area contributed by atoms with Crippen LogP contribution in [0.1, 0.15) is 30.2 Å². The van der Waals surface area contributed by atoms with Crippen molar-refractivity contribution >= 4 is 16.9 Å². The number of nitrogens with zero attached hydrogens (tertiary/aromatic N) is 3. The molecule has 0 spiro atoms. The molecule has 1 unspecified atom stereocenters. The monoisotopic (exact) mass is 375 g/mol. The SMILES string of the molecule is Cc1nn(C)c2[nH]c(=O)c(CCC(=O)NC(C)CN3CCOCC3)c(C)c12. The molecule has 1 saturated heterocycles. The van der Waals surface area contributed by atoms with Crippen LogP contribution in [0.5, 0.6) is 0 Å². The number of nitrogens with one attached hydrogen (secondary N) is 2. The van der Waals surface area contributed by atoms with Gasteiger partial charge in [0.15, 0.2) is 0 Å². The van der Waals surface area contributed by atoms with Crippen LogP contribution in [-0.2, 0) is 23.0 Å². The molecule has 8 nitrogen and oxygen atoms in total. The molecular weight excluding hydrogens is 346 g/mol. The Morgan fingerprint density at radius 1 is 1.33 bits per heavy atom. The van der Waals surface area contributed by atoms with Crippen LogP contribution < -0.4 is 10.9 Å². The highest BCUT2D eigenvalue weighted by Gasteiger charge is 2.18. The van der Waals surface area contributed by atoms with Crippen molar-refractivity contribution < 1.29 is 9.53 Å². The maximum atomic E-state index is 12.5. The number of H-pyrrole nitrogens is 1. The van der Waals surface area contributed by atoms with Gasteiger partial charge in [-0.05, 0) is 32.8 Å². The molecular formula is C19H29N5O3. The van der Waals surface area contributed by atoms with Crippen LogP contribution in [0.4, 0.5) is 0 Å². The predicted molar refractivity (Wildman–Crippen MR) is 104 cm³/mol.